The molecule has 2 aromatic rings. The zero-order chi connectivity index (χ0) is 12.4. The molecule has 0 aliphatic rings. The summed E-state index contributed by atoms with van der Waals surface area (Å²) < 4.78 is 6.33. The minimum atomic E-state index is -0.646. The fourth-order valence-electron chi connectivity index (χ4n) is 1.55. The van der Waals surface area contributed by atoms with Crippen LogP contribution in [0, 0.1) is 0 Å². The molecule has 0 spiro atoms. The van der Waals surface area contributed by atoms with Crippen molar-refractivity contribution in [2.75, 3.05) is 0 Å². The maximum Gasteiger partial charge on any atom is 0.258 e. The van der Waals surface area contributed by atoms with Gasteiger partial charge < -0.3 is 10.5 Å². The Bertz CT molecular complexity index is 568. The lowest BCUT2D eigenvalue weighted by atomic mass is 10.1. The molecule has 2 N–H and O–H groups in total. The summed E-state index contributed by atoms with van der Waals surface area (Å²) >= 11 is 3.48. The zero-order valence-electron chi connectivity index (χ0n) is 9.31. The number of benzene rings is 2. The fourth-order valence-corrected chi connectivity index (χ4v) is 2.14. The van der Waals surface area contributed by atoms with Gasteiger partial charge in [-0.3, -0.25) is 4.79 Å². The number of nitrogens with two attached hydrogens (primary N) is 1. The summed E-state index contributed by atoms with van der Waals surface area (Å²) in [5, 5.41) is 2.15. The van der Waals surface area contributed by atoms with Crippen molar-refractivity contribution in [2.45, 2.75) is 13.0 Å². The van der Waals surface area contributed by atoms with Gasteiger partial charge in [0, 0.05) is 0 Å². The van der Waals surface area contributed by atoms with Crippen LogP contribution in [-0.2, 0) is 4.79 Å². The number of primary amides is 1. The lowest BCUT2D eigenvalue weighted by molar-refractivity contribution is -0.123. The molecule has 0 saturated heterocycles. The highest BCUT2D eigenvalue weighted by Crippen LogP contribution is 2.33. The van der Waals surface area contributed by atoms with E-state index in [4.69, 9.17) is 10.5 Å². The third-order valence-electron chi connectivity index (χ3n) is 2.53. The highest BCUT2D eigenvalue weighted by molar-refractivity contribution is 9.10. The van der Waals surface area contributed by atoms with E-state index in [1.165, 1.54) is 0 Å². The minimum absolute atomic E-state index is 0.481. The molecule has 88 valence electrons. The molecule has 0 radical (unpaired) electrons. The molecular weight excluding hydrogens is 282 g/mol. The predicted octanol–water partition coefficient (Wildman–Crippen LogP) is 2.85. The number of fused-ring (bicyclic) bond motifs is 1. The zero-order valence-corrected chi connectivity index (χ0v) is 10.9. The second kappa shape index (κ2) is 4.75. The second-order valence-corrected chi connectivity index (χ2v) is 4.55. The number of hydrogen-bond donors (Lipinski definition) is 1. The first kappa shape index (κ1) is 11.9. The summed E-state index contributed by atoms with van der Waals surface area (Å²) in [7, 11) is 0. The molecule has 2 aromatic carbocycles. The third kappa shape index (κ3) is 2.42. The Morgan fingerprint density at radius 2 is 2.00 bits per heavy atom. The van der Waals surface area contributed by atoms with Crippen LogP contribution in [-0.4, -0.2) is 12.0 Å². The predicted molar refractivity (Wildman–Crippen MR) is 70.9 cm³/mol. The molecule has 0 fully saturated rings. The van der Waals surface area contributed by atoms with Gasteiger partial charge in [0.05, 0.1) is 4.47 Å². The van der Waals surface area contributed by atoms with Gasteiger partial charge in [-0.05, 0) is 39.7 Å². The van der Waals surface area contributed by atoms with E-state index in [2.05, 4.69) is 15.9 Å². The highest BCUT2D eigenvalue weighted by atomic mass is 79.9. The normalized spacial score (nSPS) is 12.4. The average Bonchev–Trinajstić information content (AvgIpc) is 2.33. The Hall–Kier alpha value is -1.55. The van der Waals surface area contributed by atoms with Gasteiger partial charge in [0.2, 0.25) is 0 Å². The molecule has 17 heavy (non-hydrogen) atoms. The lowest BCUT2D eigenvalue weighted by Gasteiger charge is -2.13. The standard InChI is InChI=1S/C13H12BrNO2/c1-8(13(15)16)17-11-7-6-9-4-2-3-5-10(9)12(11)14/h2-8H,1H3,(H2,15,16). The SMILES string of the molecule is CC(Oc1ccc2ccccc2c1Br)C(N)=O. The van der Waals surface area contributed by atoms with Crippen molar-refractivity contribution in [1.29, 1.82) is 0 Å². The molecule has 3 nitrogen and oxygen atoms in total. The van der Waals surface area contributed by atoms with Crippen LogP contribution >= 0.6 is 15.9 Å². The van der Waals surface area contributed by atoms with Gasteiger partial charge in [-0.2, -0.15) is 0 Å². The number of halogens is 1. The summed E-state index contributed by atoms with van der Waals surface area (Å²) in [6.45, 7) is 1.63. The number of amides is 1. The molecule has 0 saturated carbocycles. The Morgan fingerprint density at radius 1 is 1.29 bits per heavy atom. The van der Waals surface area contributed by atoms with Crippen molar-refractivity contribution >= 4 is 32.6 Å². The average molecular weight is 294 g/mol. The maximum absolute atomic E-state index is 11.0. The Balaban J connectivity index is 2.42. The van der Waals surface area contributed by atoms with E-state index in [9.17, 15) is 4.79 Å². The van der Waals surface area contributed by atoms with Gasteiger partial charge in [0.15, 0.2) is 6.10 Å². The van der Waals surface area contributed by atoms with Gasteiger partial charge in [0.25, 0.3) is 5.91 Å². The molecular formula is C13H12BrNO2. The van der Waals surface area contributed by atoms with Gasteiger partial charge in [-0.1, -0.05) is 30.3 Å². The van der Waals surface area contributed by atoms with Gasteiger partial charge >= 0.3 is 0 Å². The molecule has 0 bridgehead atoms. The molecule has 1 amide bonds. The maximum atomic E-state index is 11.0. The smallest absolute Gasteiger partial charge is 0.258 e. The Labute approximate surface area is 108 Å². The lowest BCUT2D eigenvalue weighted by Crippen LogP contribution is -2.30. The number of ether oxygens (including phenoxy) is 1. The van der Waals surface area contributed by atoms with Crippen molar-refractivity contribution in [1.82, 2.24) is 0 Å². The molecule has 4 heteroatoms. The van der Waals surface area contributed by atoms with Gasteiger partial charge in [-0.25, -0.2) is 0 Å². The molecule has 1 atom stereocenters. The summed E-state index contributed by atoms with van der Waals surface area (Å²) in [5.41, 5.74) is 5.17. The summed E-state index contributed by atoms with van der Waals surface area (Å²) in [6, 6.07) is 11.7. The number of hydrogen-bond acceptors (Lipinski definition) is 2. The third-order valence-corrected chi connectivity index (χ3v) is 3.35. The van der Waals surface area contributed by atoms with Crippen molar-refractivity contribution in [3.05, 3.63) is 40.9 Å². The molecule has 2 rings (SSSR count). The topological polar surface area (TPSA) is 52.3 Å². The summed E-state index contributed by atoms with van der Waals surface area (Å²) in [4.78, 5) is 11.0. The summed E-state index contributed by atoms with van der Waals surface area (Å²) in [5.74, 6) is 0.139. The quantitative estimate of drug-likeness (QED) is 0.946. The number of rotatable bonds is 3. The van der Waals surface area contributed by atoms with E-state index >= 15 is 0 Å². The molecule has 0 aliphatic carbocycles. The van der Waals surface area contributed by atoms with E-state index in [0.717, 1.165) is 15.2 Å². The van der Waals surface area contributed by atoms with Crippen LogP contribution in [0.15, 0.2) is 40.9 Å². The van der Waals surface area contributed by atoms with E-state index in [1.54, 1.807) is 6.92 Å². The first-order chi connectivity index (χ1) is 8.09. The van der Waals surface area contributed by atoms with Crippen LogP contribution in [0.2, 0.25) is 0 Å². The summed E-state index contributed by atoms with van der Waals surface area (Å²) in [6.07, 6.45) is -0.646. The van der Waals surface area contributed by atoms with Gasteiger partial charge in [0.1, 0.15) is 5.75 Å². The van der Waals surface area contributed by atoms with Gasteiger partial charge in [-0.15, -0.1) is 0 Å². The number of carbonyl (C=O) groups is 1. The Kier molecular flexibility index (Phi) is 3.33. The van der Waals surface area contributed by atoms with Crippen LogP contribution in [0.25, 0.3) is 10.8 Å². The second-order valence-electron chi connectivity index (χ2n) is 3.76. The van der Waals surface area contributed by atoms with Crippen molar-refractivity contribution < 1.29 is 9.53 Å². The van der Waals surface area contributed by atoms with Crippen molar-refractivity contribution in [3.63, 3.8) is 0 Å². The van der Waals surface area contributed by atoms with Crippen LogP contribution in [0.3, 0.4) is 0 Å². The highest BCUT2D eigenvalue weighted by Gasteiger charge is 2.13. The Morgan fingerprint density at radius 3 is 2.71 bits per heavy atom. The monoisotopic (exact) mass is 293 g/mol. The molecule has 0 heterocycles. The largest absolute Gasteiger partial charge is 0.480 e. The van der Waals surface area contributed by atoms with E-state index < -0.39 is 12.0 Å². The molecule has 0 aliphatic heterocycles. The van der Waals surface area contributed by atoms with Crippen LogP contribution < -0.4 is 10.5 Å². The molecule has 0 aromatic heterocycles. The van der Waals surface area contributed by atoms with Crippen LogP contribution in [0.5, 0.6) is 5.75 Å². The van der Waals surface area contributed by atoms with Crippen molar-refractivity contribution in [2.24, 2.45) is 5.73 Å². The molecule has 1 unspecified atom stereocenters. The van der Waals surface area contributed by atoms with Crippen molar-refractivity contribution in [3.8, 4) is 5.75 Å². The van der Waals surface area contributed by atoms with Crippen LogP contribution in [0.1, 0.15) is 6.92 Å². The fraction of sp³-hybridized carbons (Fsp3) is 0.154. The first-order valence-electron chi connectivity index (χ1n) is 5.23. The minimum Gasteiger partial charge on any atom is -0.480 e. The number of carbonyl (C=O) groups excluding carboxylic acids is 1. The van der Waals surface area contributed by atoms with E-state index in [-0.39, 0.29) is 0 Å². The van der Waals surface area contributed by atoms with Crippen LogP contribution in [0.4, 0.5) is 0 Å². The van der Waals surface area contributed by atoms with E-state index in [0.29, 0.717) is 5.75 Å². The first-order valence-corrected chi connectivity index (χ1v) is 6.02. The van der Waals surface area contributed by atoms with E-state index in [1.807, 2.05) is 36.4 Å².